The SMILES string of the molecule is CCCCCCC/C=C\C/C=C\CCCCCCCCCCCC(=O)NC(COP(=O)([O-])OCC[N+](C)(C)C)C(O)/C=C/CC/C=C/CC/C=C/CCCCCCCC. The third-order valence-electron chi connectivity index (χ3n) is 10.4. The zero-order chi connectivity index (χ0) is 43.6. The highest BCUT2D eigenvalue weighted by atomic mass is 31.2. The van der Waals surface area contributed by atoms with E-state index in [1.807, 2.05) is 27.2 Å². The number of hydrogen-bond acceptors (Lipinski definition) is 6. The second kappa shape index (κ2) is 41.5. The number of carbonyl (C=O) groups excluding carboxylic acids is 1. The molecule has 59 heavy (non-hydrogen) atoms. The van der Waals surface area contributed by atoms with Crippen molar-refractivity contribution in [2.75, 3.05) is 40.9 Å². The number of nitrogens with one attached hydrogen (secondary N) is 1. The molecule has 0 fully saturated rings. The first-order valence-electron chi connectivity index (χ1n) is 24.2. The van der Waals surface area contributed by atoms with E-state index in [9.17, 15) is 19.4 Å². The number of unbranched alkanes of at least 4 members (excludes halogenated alkanes) is 22. The number of allylic oxidation sites excluding steroid dienone is 9. The molecule has 0 heterocycles. The van der Waals surface area contributed by atoms with Crippen LogP contribution in [0.5, 0.6) is 0 Å². The molecule has 2 N–H and O–H groups in total. The van der Waals surface area contributed by atoms with Gasteiger partial charge in [-0.15, -0.1) is 0 Å². The predicted molar refractivity (Wildman–Crippen MR) is 251 cm³/mol. The predicted octanol–water partition coefficient (Wildman–Crippen LogP) is 13.2. The van der Waals surface area contributed by atoms with Crippen LogP contribution in [0.25, 0.3) is 0 Å². The Kier molecular flexibility index (Phi) is 40.3. The average molecular weight is 849 g/mol. The number of rotatable bonds is 43. The van der Waals surface area contributed by atoms with Crippen molar-refractivity contribution < 1.29 is 32.9 Å². The van der Waals surface area contributed by atoms with Gasteiger partial charge >= 0.3 is 0 Å². The molecule has 0 spiro atoms. The van der Waals surface area contributed by atoms with Gasteiger partial charge in [0.05, 0.1) is 39.9 Å². The van der Waals surface area contributed by atoms with Crippen molar-refractivity contribution >= 4 is 13.7 Å². The van der Waals surface area contributed by atoms with Crippen molar-refractivity contribution in [3.63, 3.8) is 0 Å². The van der Waals surface area contributed by atoms with E-state index >= 15 is 0 Å². The number of amides is 1. The van der Waals surface area contributed by atoms with Gasteiger partial charge in [0.25, 0.3) is 7.82 Å². The number of phosphoric acid groups is 1. The van der Waals surface area contributed by atoms with Crippen LogP contribution in [-0.2, 0) is 18.4 Å². The summed E-state index contributed by atoms with van der Waals surface area (Å²) in [7, 11) is 1.23. The normalized spacial score (nSPS) is 14.8. The summed E-state index contributed by atoms with van der Waals surface area (Å²) in [6, 6.07) is -0.913. The Morgan fingerprint density at radius 3 is 1.47 bits per heavy atom. The first kappa shape index (κ1) is 57.2. The maximum Gasteiger partial charge on any atom is 0.268 e. The van der Waals surface area contributed by atoms with E-state index in [0.29, 0.717) is 17.4 Å². The smallest absolute Gasteiger partial charge is 0.268 e. The lowest BCUT2D eigenvalue weighted by molar-refractivity contribution is -0.870. The molecular formula is C50H93N2O6P. The molecule has 0 bridgehead atoms. The number of hydrogen-bond donors (Lipinski definition) is 2. The molecule has 1 amide bonds. The molecule has 344 valence electrons. The molecule has 0 aromatic heterocycles. The molecule has 3 atom stereocenters. The van der Waals surface area contributed by atoms with Crippen LogP contribution in [0.3, 0.4) is 0 Å². The second-order valence-electron chi connectivity index (χ2n) is 17.4. The minimum Gasteiger partial charge on any atom is -0.756 e. The van der Waals surface area contributed by atoms with E-state index < -0.39 is 26.6 Å². The fraction of sp³-hybridized carbons (Fsp3) is 0.780. The van der Waals surface area contributed by atoms with Crippen molar-refractivity contribution in [2.45, 2.75) is 212 Å². The minimum absolute atomic E-state index is 0.0119. The molecule has 0 saturated carbocycles. The molecule has 8 nitrogen and oxygen atoms in total. The zero-order valence-corrected chi connectivity index (χ0v) is 39.8. The van der Waals surface area contributed by atoms with Gasteiger partial charge < -0.3 is 28.8 Å². The van der Waals surface area contributed by atoms with Crippen molar-refractivity contribution in [1.82, 2.24) is 5.32 Å². The standard InChI is InChI=1S/C50H93N2O6P/c1-6-8-10-12-14-16-18-20-22-24-25-26-27-28-30-32-34-36-38-40-42-44-50(54)51-48(47-58-59(55,56)57-46-45-52(3,4)5)49(53)43-41-39-37-35-33-31-29-23-21-19-17-15-13-11-9-7-2/h18,20-21,23-25,33,35,41,43,48-49,53H,6-17,19,22,26-32,34,36-40,42,44-47H2,1-5H3,(H-,51,54,55,56)/b20-18-,23-21+,25-24-,35-33+,43-41+. The van der Waals surface area contributed by atoms with Crippen LogP contribution in [0.15, 0.2) is 60.8 Å². The van der Waals surface area contributed by atoms with Crippen molar-refractivity contribution in [1.29, 1.82) is 0 Å². The van der Waals surface area contributed by atoms with E-state index in [-0.39, 0.29) is 12.5 Å². The first-order chi connectivity index (χ1) is 28.5. The summed E-state index contributed by atoms with van der Waals surface area (Å²) in [5, 5.41) is 13.8. The Morgan fingerprint density at radius 1 is 0.593 bits per heavy atom. The zero-order valence-electron chi connectivity index (χ0n) is 38.9. The van der Waals surface area contributed by atoms with Gasteiger partial charge in [-0.2, -0.15) is 0 Å². The number of quaternary nitrogens is 1. The molecule has 9 heteroatoms. The van der Waals surface area contributed by atoms with Crippen LogP contribution in [0.1, 0.15) is 200 Å². The van der Waals surface area contributed by atoms with E-state index in [2.05, 4.69) is 67.8 Å². The Morgan fingerprint density at radius 2 is 1.00 bits per heavy atom. The third-order valence-corrected chi connectivity index (χ3v) is 11.4. The van der Waals surface area contributed by atoms with Crippen molar-refractivity contribution in [3.8, 4) is 0 Å². The molecule has 0 aliphatic carbocycles. The largest absolute Gasteiger partial charge is 0.756 e. The van der Waals surface area contributed by atoms with Gasteiger partial charge in [-0.3, -0.25) is 9.36 Å². The van der Waals surface area contributed by atoms with E-state index in [0.717, 1.165) is 51.4 Å². The van der Waals surface area contributed by atoms with Gasteiger partial charge in [0.15, 0.2) is 0 Å². The number of nitrogens with zero attached hydrogens (tertiary/aromatic N) is 1. The van der Waals surface area contributed by atoms with Crippen molar-refractivity contribution in [3.05, 3.63) is 60.8 Å². The van der Waals surface area contributed by atoms with Crippen LogP contribution in [0.2, 0.25) is 0 Å². The summed E-state index contributed by atoms with van der Waals surface area (Å²) in [6.07, 6.45) is 54.1. The van der Waals surface area contributed by atoms with Crippen LogP contribution in [-0.4, -0.2) is 68.5 Å². The Hall–Kier alpha value is -1.80. The topological polar surface area (TPSA) is 108 Å². The Bertz CT molecular complexity index is 1140. The molecule has 0 radical (unpaired) electrons. The number of aliphatic hydroxyl groups is 1. The highest BCUT2D eigenvalue weighted by Gasteiger charge is 2.23. The summed E-state index contributed by atoms with van der Waals surface area (Å²) < 4.78 is 23.2. The van der Waals surface area contributed by atoms with E-state index in [1.54, 1.807) is 6.08 Å². The molecule has 0 saturated heterocycles. The Balaban J connectivity index is 4.42. The van der Waals surface area contributed by atoms with E-state index in [4.69, 9.17) is 9.05 Å². The fourth-order valence-electron chi connectivity index (χ4n) is 6.57. The summed E-state index contributed by atoms with van der Waals surface area (Å²) in [6.45, 7) is 4.59. The van der Waals surface area contributed by atoms with Gasteiger partial charge in [-0.25, -0.2) is 0 Å². The Labute approximate surface area is 364 Å². The molecule has 0 aliphatic rings. The lowest BCUT2D eigenvalue weighted by Crippen LogP contribution is -2.45. The molecular weight excluding hydrogens is 756 g/mol. The summed E-state index contributed by atoms with van der Waals surface area (Å²) in [5.41, 5.74) is 0. The fourth-order valence-corrected chi connectivity index (χ4v) is 7.29. The lowest BCUT2D eigenvalue weighted by atomic mass is 10.1. The molecule has 3 unspecified atom stereocenters. The van der Waals surface area contributed by atoms with Crippen LogP contribution in [0.4, 0.5) is 0 Å². The monoisotopic (exact) mass is 849 g/mol. The van der Waals surface area contributed by atoms with Gasteiger partial charge in [0.1, 0.15) is 13.2 Å². The lowest BCUT2D eigenvalue weighted by Gasteiger charge is -2.29. The summed E-state index contributed by atoms with van der Waals surface area (Å²) in [5.74, 6) is -0.218. The minimum atomic E-state index is -4.60. The number of phosphoric ester groups is 1. The number of carbonyl (C=O) groups is 1. The molecule has 0 rings (SSSR count). The highest BCUT2D eigenvalue weighted by Crippen LogP contribution is 2.38. The molecule has 0 aromatic rings. The van der Waals surface area contributed by atoms with E-state index in [1.165, 1.54) is 128 Å². The van der Waals surface area contributed by atoms with Gasteiger partial charge in [-0.1, -0.05) is 177 Å². The first-order valence-corrected chi connectivity index (χ1v) is 25.6. The summed E-state index contributed by atoms with van der Waals surface area (Å²) in [4.78, 5) is 25.4. The quantitative estimate of drug-likeness (QED) is 0.0274. The van der Waals surface area contributed by atoms with Gasteiger partial charge in [-0.05, 0) is 77.0 Å². The van der Waals surface area contributed by atoms with Gasteiger partial charge in [0, 0.05) is 6.42 Å². The third kappa shape index (κ3) is 44.1. The second-order valence-corrected chi connectivity index (χ2v) is 18.8. The maximum atomic E-state index is 12.9. The summed E-state index contributed by atoms with van der Waals surface area (Å²) >= 11 is 0. The van der Waals surface area contributed by atoms with Crippen LogP contribution >= 0.6 is 7.82 Å². The van der Waals surface area contributed by atoms with Gasteiger partial charge in [0.2, 0.25) is 5.91 Å². The average Bonchev–Trinajstić information content (AvgIpc) is 3.19. The van der Waals surface area contributed by atoms with Crippen molar-refractivity contribution in [2.24, 2.45) is 0 Å². The highest BCUT2D eigenvalue weighted by molar-refractivity contribution is 7.45. The number of aliphatic hydroxyl groups excluding tert-OH is 1. The molecule has 0 aromatic carbocycles. The number of likely N-dealkylation sites (N-methyl/N-ethyl adjacent to an activating group) is 1. The van der Waals surface area contributed by atoms with Crippen LogP contribution in [0, 0.1) is 0 Å². The van der Waals surface area contributed by atoms with Crippen LogP contribution < -0.4 is 10.2 Å². The molecule has 0 aliphatic heterocycles. The maximum absolute atomic E-state index is 12.9.